The fourth-order valence-electron chi connectivity index (χ4n) is 2.29. The predicted octanol–water partition coefficient (Wildman–Crippen LogP) is 1.95. The van der Waals surface area contributed by atoms with Gasteiger partial charge >= 0.3 is 0 Å². The summed E-state index contributed by atoms with van der Waals surface area (Å²) < 4.78 is 15.5. The van der Waals surface area contributed by atoms with Gasteiger partial charge < -0.3 is 10.4 Å². The molecule has 1 aromatic carbocycles. The Labute approximate surface area is 154 Å². The second-order valence-electron chi connectivity index (χ2n) is 5.43. The number of nitrogens with zero attached hydrogens (tertiary/aromatic N) is 1. The molecule has 1 heterocycles. The molecule has 0 saturated carbocycles. The van der Waals surface area contributed by atoms with Crippen molar-refractivity contribution in [3.63, 3.8) is 0 Å². The molecule has 9 heteroatoms. The normalized spacial score (nSPS) is 10.7. The van der Waals surface area contributed by atoms with E-state index < -0.39 is 11.7 Å². The molecular weight excluding hydrogens is 361 g/mol. The van der Waals surface area contributed by atoms with E-state index in [-0.39, 0.29) is 35.8 Å². The number of anilines is 2. The summed E-state index contributed by atoms with van der Waals surface area (Å²) in [5.74, 6) is -1.00. The third kappa shape index (κ3) is 4.43. The predicted molar refractivity (Wildman–Crippen MR) is 98.4 cm³/mol. The van der Waals surface area contributed by atoms with E-state index in [1.807, 2.05) is 6.26 Å². The van der Waals surface area contributed by atoms with Crippen LogP contribution < -0.4 is 16.4 Å². The lowest BCUT2D eigenvalue weighted by molar-refractivity contribution is 0.0168. The number of halogens is 1. The van der Waals surface area contributed by atoms with Crippen molar-refractivity contribution in [1.82, 2.24) is 10.0 Å². The zero-order valence-electron chi connectivity index (χ0n) is 14.6. The third-order valence-corrected chi connectivity index (χ3v) is 4.35. The first kappa shape index (κ1) is 20.0. The molecule has 0 aliphatic heterocycles. The number of aromatic nitrogens is 1. The van der Waals surface area contributed by atoms with Crippen LogP contribution in [0.4, 0.5) is 15.9 Å². The van der Waals surface area contributed by atoms with Crippen LogP contribution in [-0.2, 0) is 11.9 Å². The van der Waals surface area contributed by atoms with Crippen molar-refractivity contribution in [1.29, 1.82) is 0 Å². The van der Waals surface area contributed by atoms with Gasteiger partial charge in [-0.25, -0.2) is 9.87 Å². The SMILES string of the molecule is CSc1ccc(Nc2c(C(=O)NOCCO)cc(C)c(=O)n2C)c(F)c1. The van der Waals surface area contributed by atoms with Gasteiger partial charge in [-0.05, 0) is 37.4 Å². The molecule has 0 radical (unpaired) electrons. The number of aliphatic hydroxyl groups excluding tert-OH is 1. The molecule has 3 N–H and O–H groups in total. The van der Waals surface area contributed by atoms with Crippen molar-refractivity contribution in [2.75, 3.05) is 24.8 Å². The zero-order valence-corrected chi connectivity index (χ0v) is 15.4. The highest BCUT2D eigenvalue weighted by molar-refractivity contribution is 7.98. The summed E-state index contributed by atoms with van der Waals surface area (Å²) in [5.41, 5.74) is 2.45. The molecule has 7 nitrogen and oxygen atoms in total. The van der Waals surface area contributed by atoms with Gasteiger partial charge in [-0.3, -0.25) is 19.0 Å². The lowest BCUT2D eigenvalue weighted by Crippen LogP contribution is -2.30. The maximum Gasteiger partial charge on any atom is 0.278 e. The smallest absolute Gasteiger partial charge is 0.278 e. The molecule has 1 amide bonds. The fourth-order valence-corrected chi connectivity index (χ4v) is 2.71. The topological polar surface area (TPSA) is 92.6 Å². The first-order valence-corrected chi connectivity index (χ1v) is 8.95. The number of hydrogen-bond donors (Lipinski definition) is 3. The Bertz CT molecular complexity index is 870. The van der Waals surface area contributed by atoms with E-state index in [1.54, 1.807) is 13.0 Å². The third-order valence-electron chi connectivity index (χ3n) is 3.63. The number of thioether (sulfide) groups is 1. The molecule has 0 spiro atoms. The molecule has 0 fully saturated rings. The first-order valence-electron chi connectivity index (χ1n) is 7.73. The van der Waals surface area contributed by atoms with E-state index >= 15 is 0 Å². The number of pyridine rings is 1. The number of aliphatic hydroxyl groups is 1. The largest absolute Gasteiger partial charge is 0.394 e. The van der Waals surface area contributed by atoms with Gasteiger partial charge in [-0.15, -0.1) is 11.8 Å². The van der Waals surface area contributed by atoms with Gasteiger partial charge in [0.05, 0.1) is 24.5 Å². The average Bonchev–Trinajstić information content (AvgIpc) is 2.63. The van der Waals surface area contributed by atoms with Gasteiger partial charge in [-0.1, -0.05) is 0 Å². The number of carbonyl (C=O) groups excluding carboxylic acids is 1. The van der Waals surface area contributed by atoms with E-state index in [9.17, 15) is 14.0 Å². The highest BCUT2D eigenvalue weighted by Crippen LogP contribution is 2.26. The van der Waals surface area contributed by atoms with Gasteiger partial charge in [-0.2, -0.15) is 0 Å². The summed E-state index contributed by atoms with van der Waals surface area (Å²) >= 11 is 1.40. The monoisotopic (exact) mass is 381 g/mol. The Hall–Kier alpha value is -2.36. The van der Waals surface area contributed by atoms with Gasteiger partial charge in [0.2, 0.25) is 0 Å². The first-order chi connectivity index (χ1) is 12.4. The standard InChI is InChI=1S/C17H20FN3O4S/c1-10-8-12(16(23)20-25-7-6-22)15(21(2)17(10)24)19-14-5-4-11(26-3)9-13(14)18/h4-5,8-9,19,22H,6-7H2,1-3H3,(H,20,23). The van der Waals surface area contributed by atoms with Crippen LogP contribution in [0, 0.1) is 12.7 Å². The molecule has 0 aliphatic rings. The van der Waals surface area contributed by atoms with Crippen LogP contribution in [0.1, 0.15) is 15.9 Å². The number of hydroxylamine groups is 1. The summed E-state index contributed by atoms with van der Waals surface area (Å²) in [6.07, 6.45) is 1.83. The van der Waals surface area contributed by atoms with Crippen LogP contribution >= 0.6 is 11.8 Å². The Morgan fingerprint density at radius 1 is 1.38 bits per heavy atom. The number of benzene rings is 1. The van der Waals surface area contributed by atoms with Crippen LogP contribution in [0.15, 0.2) is 34.0 Å². The summed E-state index contributed by atoms with van der Waals surface area (Å²) in [6, 6.07) is 6.03. The minimum Gasteiger partial charge on any atom is -0.394 e. The molecule has 26 heavy (non-hydrogen) atoms. The number of rotatable bonds is 7. The lowest BCUT2D eigenvalue weighted by atomic mass is 10.1. The summed E-state index contributed by atoms with van der Waals surface area (Å²) in [6.45, 7) is 1.24. The molecule has 0 bridgehead atoms. The Kier molecular flexibility index (Phi) is 6.78. The fraction of sp³-hybridized carbons (Fsp3) is 0.294. The summed E-state index contributed by atoms with van der Waals surface area (Å²) in [4.78, 5) is 30.2. The molecule has 0 atom stereocenters. The molecule has 2 aromatic rings. The van der Waals surface area contributed by atoms with Crippen molar-refractivity contribution >= 4 is 29.2 Å². The van der Waals surface area contributed by atoms with E-state index in [4.69, 9.17) is 9.94 Å². The molecule has 0 unspecified atom stereocenters. The molecule has 2 rings (SSSR count). The molecule has 1 aromatic heterocycles. The number of amides is 1. The van der Waals surface area contributed by atoms with Crippen molar-refractivity contribution < 1.29 is 19.1 Å². The zero-order chi connectivity index (χ0) is 19.3. The quantitative estimate of drug-likeness (QED) is 0.386. The van der Waals surface area contributed by atoms with Gasteiger partial charge in [0, 0.05) is 17.5 Å². The van der Waals surface area contributed by atoms with Crippen molar-refractivity contribution in [2.45, 2.75) is 11.8 Å². The van der Waals surface area contributed by atoms with Crippen LogP contribution in [0.3, 0.4) is 0 Å². The molecular formula is C17H20FN3O4S. The van der Waals surface area contributed by atoms with Crippen molar-refractivity contribution in [2.24, 2.45) is 7.05 Å². The van der Waals surface area contributed by atoms with E-state index in [0.29, 0.717) is 5.56 Å². The number of hydrogen-bond acceptors (Lipinski definition) is 6. The van der Waals surface area contributed by atoms with Crippen molar-refractivity contribution in [3.05, 3.63) is 51.6 Å². The second-order valence-corrected chi connectivity index (χ2v) is 6.31. The van der Waals surface area contributed by atoms with Crippen LogP contribution in [0.5, 0.6) is 0 Å². The Morgan fingerprint density at radius 3 is 2.73 bits per heavy atom. The van der Waals surface area contributed by atoms with E-state index in [2.05, 4.69) is 10.8 Å². The van der Waals surface area contributed by atoms with E-state index in [1.165, 1.54) is 41.6 Å². The molecule has 140 valence electrons. The highest BCUT2D eigenvalue weighted by atomic mass is 32.2. The summed E-state index contributed by atoms with van der Waals surface area (Å²) in [7, 11) is 1.48. The maximum atomic E-state index is 14.3. The second kappa shape index (κ2) is 8.84. The van der Waals surface area contributed by atoms with Crippen LogP contribution in [-0.4, -0.2) is 35.1 Å². The number of carbonyl (C=O) groups is 1. The van der Waals surface area contributed by atoms with Crippen molar-refractivity contribution in [3.8, 4) is 0 Å². The lowest BCUT2D eigenvalue weighted by Gasteiger charge is -2.17. The summed E-state index contributed by atoms with van der Waals surface area (Å²) in [5, 5.41) is 11.5. The number of nitrogens with one attached hydrogen (secondary N) is 2. The maximum absolute atomic E-state index is 14.3. The average molecular weight is 381 g/mol. The Morgan fingerprint density at radius 2 is 2.12 bits per heavy atom. The van der Waals surface area contributed by atoms with Gasteiger partial charge in [0.1, 0.15) is 11.6 Å². The number of aryl methyl sites for hydroxylation is 1. The van der Waals surface area contributed by atoms with Crippen LogP contribution in [0.25, 0.3) is 0 Å². The molecule has 0 aliphatic carbocycles. The minimum absolute atomic E-state index is 0.0793. The minimum atomic E-state index is -0.624. The van der Waals surface area contributed by atoms with Gasteiger partial charge in [0.15, 0.2) is 0 Å². The van der Waals surface area contributed by atoms with Gasteiger partial charge in [0.25, 0.3) is 11.5 Å². The Balaban J connectivity index is 2.44. The highest BCUT2D eigenvalue weighted by Gasteiger charge is 2.18. The van der Waals surface area contributed by atoms with E-state index in [0.717, 1.165) is 4.90 Å². The molecule has 0 saturated heterocycles. The van der Waals surface area contributed by atoms with Crippen LogP contribution in [0.2, 0.25) is 0 Å².